The zero-order valence-corrected chi connectivity index (χ0v) is 8.25. The van der Waals surface area contributed by atoms with Crippen LogP contribution in [-0.2, 0) is 4.79 Å². The number of urea groups is 1. The molecule has 0 aliphatic carbocycles. The zero-order chi connectivity index (χ0) is 11.0. The Balaban J connectivity index is 3.44. The van der Waals surface area contributed by atoms with Gasteiger partial charge >= 0.3 is 6.03 Å². The highest BCUT2D eigenvalue weighted by atomic mass is 16.3. The van der Waals surface area contributed by atoms with E-state index in [1.807, 2.05) is 12.2 Å². The topological polar surface area (TPSA) is 104 Å². The van der Waals surface area contributed by atoms with E-state index < -0.39 is 11.9 Å². The van der Waals surface area contributed by atoms with E-state index in [4.69, 9.17) is 10.8 Å². The number of carbonyl (C=O) groups excluding carboxylic acids is 2. The Morgan fingerprint density at radius 2 is 2.14 bits per heavy atom. The Bertz CT molecular complexity index is 196. The number of nitrogens with two attached hydrogens (primary N) is 1. The minimum atomic E-state index is -0.847. The summed E-state index contributed by atoms with van der Waals surface area (Å²) in [4.78, 5) is 21.1. The lowest BCUT2D eigenvalue weighted by atomic mass is 10.1. The lowest BCUT2D eigenvalue weighted by Gasteiger charge is -2.10. The summed E-state index contributed by atoms with van der Waals surface area (Å²) in [5.74, 6) is -0.157. The van der Waals surface area contributed by atoms with Gasteiger partial charge in [0.15, 0.2) is 0 Å². The van der Waals surface area contributed by atoms with Gasteiger partial charge in [-0.1, -0.05) is 6.92 Å². The van der Waals surface area contributed by atoms with Gasteiger partial charge in [-0.3, -0.25) is 10.1 Å². The fourth-order valence-corrected chi connectivity index (χ4v) is 0.936. The first-order valence-corrected chi connectivity index (χ1v) is 4.47. The van der Waals surface area contributed by atoms with Crippen LogP contribution in [0.1, 0.15) is 13.3 Å². The fourth-order valence-electron chi connectivity index (χ4n) is 0.936. The van der Waals surface area contributed by atoms with E-state index in [1.165, 1.54) is 0 Å². The predicted octanol–water partition coefficient (Wildman–Crippen LogP) is -1.21. The number of aliphatic hydroxyl groups excluding tert-OH is 1. The summed E-state index contributed by atoms with van der Waals surface area (Å²) < 4.78 is 0. The maximum Gasteiger partial charge on any atom is 0.318 e. The number of aliphatic hydroxyl groups is 1. The highest BCUT2D eigenvalue weighted by Gasteiger charge is 2.05. The van der Waals surface area contributed by atoms with Crippen molar-refractivity contribution in [1.29, 1.82) is 0 Å². The van der Waals surface area contributed by atoms with Crippen molar-refractivity contribution in [2.75, 3.05) is 19.7 Å². The minimum Gasteiger partial charge on any atom is -0.396 e. The van der Waals surface area contributed by atoms with Crippen LogP contribution in [0, 0.1) is 5.92 Å². The number of hydrogen-bond donors (Lipinski definition) is 4. The molecule has 0 aromatic heterocycles. The smallest absolute Gasteiger partial charge is 0.318 e. The number of primary amides is 1. The third-order valence-electron chi connectivity index (χ3n) is 1.66. The molecule has 0 bridgehead atoms. The third-order valence-corrected chi connectivity index (χ3v) is 1.66. The second-order valence-corrected chi connectivity index (χ2v) is 3.16. The number of imide groups is 1. The summed E-state index contributed by atoms with van der Waals surface area (Å²) >= 11 is 0. The molecule has 6 heteroatoms. The summed E-state index contributed by atoms with van der Waals surface area (Å²) in [6.45, 7) is 2.76. The summed E-state index contributed by atoms with van der Waals surface area (Å²) in [6, 6.07) is -0.847. The molecular formula is C8H17N3O3. The first kappa shape index (κ1) is 12.9. The molecule has 6 nitrogen and oxygen atoms in total. The molecule has 5 N–H and O–H groups in total. The van der Waals surface area contributed by atoms with E-state index in [2.05, 4.69) is 5.32 Å². The van der Waals surface area contributed by atoms with E-state index in [9.17, 15) is 9.59 Å². The van der Waals surface area contributed by atoms with Crippen LogP contribution in [0.4, 0.5) is 4.79 Å². The van der Waals surface area contributed by atoms with Crippen molar-refractivity contribution in [3.05, 3.63) is 0 Å². The van der Waals surface area contributed by atoms with Crippen LogP contribution in [0.15, 0.2) is 0 Å². The number of amides is 3. The molecule has 82 valence electrons. The van der Waals surface area contributed by atoms with Gasteiger partial charge in [0, 0.05) is 6.61 Å². The Kier molecular flexibility index (Phi) is 6.69. The van der Waals surface area contributed by atoms with Crippen molar-refractivity contribution in [3.8, 4) is 0 Å². The second kappa shape index (κ2) is 7.28. The maximum atomic E-state index is 10.9. The van der Waals surface area contributed by atoms with Crippen LogP contribution in [0.2, 0.25) is 0 Å². The fraction of sp³-hybridized carbons (Fsp3) is 0.750. The SMILES string of the molecule is CC(CCO)CNCC(=O)NC(N)=O. The zero-order valence-electron chi connectivity index (χ0n) is 8.25. The number of nitrogens with one attached hydrogen (secondary N) is 2. The molecule has 0 saturated heterocycles. The van der Waals surface area contributed by atoms with Gasteiger partial charge in [-0.25, -0.2) is 4.79 Å². The molecule has 0 spiro atoms. The van der Waals surface area contributed by atoms with Crippen LogP contribution < -0.4 is 16.4 Å². The van der Waals surface area contributed by atoms with Gasteiger partial charge in [-0.15, -0.1) is 0 Å². The number of rotatable bonds is 6. The van der Waals surface area contributed by atoms with Gasteiger partial charge in [0.25, 0.3) is 0 Å². The van der Waals surface area contributed by atoms with E-state index in [-0.39, 0.29) is 13.2 Å². The summed E-state index contributed by atoms with van der Waals surface area (Å²) in [6.07, 6.45) is 0.685. The highest BCUT2D eigenvalue weighted by Crippen LogP contribution is 1.97. The van der Waals surface area contributed by atoms with Crippen LogP contribution in [-0.4, -0.2) is 36.7 Å². The molecule has 3 amide bonds. The van der Waals surface area contributed by atoms with E-state index in [1.54, 1.807) is 0 Å². The summed E-state index contributed by atoms with van der Waals surface area (Å²) in [5.41, 5.74) is 4.74. The maximum absolute atomic E-state index is 10.9. The summed E-state index contributed by atoms with van der Waals surface area (Å²) in [7, 11) is 0. The van der Waals surface area contributed by atoms with E-state index in [0.717, 1.165) is 0 Å². The van der Waals surface area contributed by atoms with Gasteiger partial charge in [0.1, 0.15) is 0 Å². The van der Waals surface area contributed by atoms with Crippen LogP contribution in [0.3, 0.4) is 0 Å². The van der Waals surface area contributed by atoms with Crippen molar-refractivity contribution in [1.82, 2.24) is 10.6 Å². The Morgan fingerprint density at radius 3 is 2.64 bits per heavy atom. The van der Waals surface area contributed by atoms with Gasteiger partial charge in [-0.05, 0) is 18.9 Å². The van der Waals surface area contributed by atoms with Crippen LogP contribution in [0.25, 0.3) is 0 Å². The van der Waals surface area contributed by atoms with Crippen molar-refractivity contribution in [2.24, 2.45) is 11.7 Å². The van der Waals surface area contributed by atoms with Crippen molar-refractivity contribution in [3.63, 3.8) is 0 Å². The Hall–Kier alpha value is -1.14. The molecule has 0 rings (SSSR count). The molecule has 0 aromatic carbocycles. The van der Waals surface area contributed by atoms with E-state index in [0.29, 0.717) is 18.9 Å². The molecule has 0 aliphatic rings. The molecule has 0 saturated carbocycles. The normalized spacial score (nSPS) is 12.1. The quantitative estimate of drug-likeness (QED) is 0.434. The molecular weight excluding hydrogens is 186 g/mol. The molecule has 0 aliphatic heterocycles. The van der Waals surface area contributed by atoms with Gasteiger partial charge in [0.2, 0.25) is 5.91 Å². The second-order valence-electron chi connectivity index (χ2n) is 3.16. The Morgan fingerprint density at radius 1 is 1.50 bits per heavy atom. The van der Waals surface area contributed by atoms with Crippen molar-refractivity contribution < 1.29 is 14.7 Å². The van der Waals surface area contributed by atoms with E-state index >= 15 is 0 Å². The molecule has 1 atom stereocenters. The van der Waals surface area contributed by atoms with Crippen LogP contribution in [0.5, 0.6) is 0 Å². The minimum absolute atomic E-state index is 0.0543. The van der Waals surface area contributed by atoms with Gasteiger partial charge < -0.3 is 16.2 Å². The van der Waals surface area contributed by atoms with Crippen LogP contribution >= 0.6 is 0 Å². The first-order chi connectivity index (χ1) is 6.56. The Labute approximate surface area is 82.9 Å². The standard InChI is InChI=1S/C8H17N3O3/c1-6(2-3-12)4-10-5-7(13)11-8(9)14/h6,10,12H,2-5H2,1H3,(H3,9,11,13,14). The molecule has 0 fully saturated rings. The van der Waals surface area contributed by atoms with Crippen molar-refractivity contribution in [2.45, 2.75) is 13.3 Å². The number of carbonyl (C=O) groups is 2. The lowest BCUT2D eigenvalue weighted by molar-refractivity contribution is -0.119. The predicted molar refractivity (Wildman–Crippen MR) is 51.5 cm³/mol. The molecule has 1 unspecified atom stereocenters. The van der Waals surface area contributed by atoms with Crippen molar-refractivity contribution >= 4 is 11.9 Å². The third kappa shape index (κ3) is 7.51. The summed E-state index contributed by atoms with van der Waals surface area (Å²) in [5, 5.41) is 13.4. The average Bonchev–Trinajstić information content (AvgIpc) is 2.02. The van der Waals surface area contributed by atoms with Gasteiger partial charge in [0.05, 0.1) is 6.54 Å². The lowest BCUT2D eigenvalue weighted by Crippen LogP contribution is -2.41. The largest absolute Gasteiger partial charge is 0.396 e. The molecule has 14 heavy (non-hydrogen) atoms. The molecule has 0 aromatic rings. The highest BCUT2D eigenvalue weighted by molar-refractivity contribution is 5.94. The molecule has 0 heterocycles. The number of hydrogen-bond acceptors (Lipinski definition) is 4. The monoisotopic (exact) mass is 203 g/mol. The van der Waals surface area contributed by atoms with Gasteiger partial charge in [-0.2, -0.15) is 0 Å². The average molecular weight is 203 g/mol. The molecule has 0 radical (unpaired) electrons. The first-order valence-electron chi connectivity index (χ1n) is 4.47.